The van der Waals surface area contributed by atoms with E-state index in [0.29, 0.717) is 19.6 Å². The molecule has 1 N–H and O–H groups in total. The number of aliphatic hydroxyl groups excluding tert-OH is 1. The van der Waals surface area contributed by atoms with Gasteiger partial charge in [0, 0.05) is 25.0 Å². The summed E-state index contributed by atoms with van der Waals surface area (Å²) in [4.78, 5) is 40.5. The Morgan fingerprint density at radius 2 is 1.94 bits per heavy atom. The Kier molecular flexibility index (Phi) is 7.20. The van der Waals surface area contributed by atoms with E-state index in [0.717, 1.165) is 24.8 Å². The molecule has 0 aliphatic heterocycles. The Balaban J connectivity index is 1.84. The maximum atomic E-state index is 13.4. The number of hydrogen-bond donors (Lipinski definition) is 1. The molecule has 3 aliphatic carbocycles. The van der Waals surface area contributed by atoms with E-state index in [4.69, 9.17) is 9.47 Å². The normalized spacial score (nSPS) is 40.6. The molecule has 0 aromatic heterocycles. The van der Waals surface area contributed by atoms with Crippen molar-refractivity contribution >= 4 is 17.7 Å². The topological polar surface area (TPSA) is 93.1 Å². The highest BCUT2D eigenvalue weighted by molar-refractivity contribution is 5.87. The number of nitrogens with zero attached hydrogens (tertiary/aromatic N) is 1. The van der Waals surface area contributed by atoms with Crippen molar-refractivity contribution in [1.82, 2.24) is 4.90 Å². The van der Waals surface area contributed by atoms with Crippen LogP contribution in [-0.4, -0.2) is 68.2 Å². The van der Waals surface area contributed by atoms with Gasteiger partial charge in [0.05, 0.1) is 18.6 Å². The first kappa shape index (κ1) is 24.9. The number of methoxy groups -OCH3 is 1. The van der Waals surface area contributed by atoms with Crippen molar-refractivity contribution in [3.63, 3.8) is 0 Å². The third kappa shape index (κ3) is 4.14. The van der Waals surface area contributed by atoms with E-state index in [1.807, 2.05) is 25.9 Å². The van der Waals surface area contributed by atoms with Crippen LogP contribution in [0.15, 0.2) is 11.6 Å². The van der Waals surface area contributed by atoms with Gasteiger partial charge in [-0.2, -0.15) is 0 Å². The third-order valence-corrected chi connectivity index (χ3v) is 8.81. The Morgan fingerprint density at radius 3 is 2.56 bits per heavy atom. The SMILES string of the molecule is COC(=O)[C@]1(C)[C@@H]2CC(=O)[C@@H]3[C@H](C)/C(=C/C(=O)OCCN(C)C)CC[C@@H]3[C@@]2(C)CC[C@@H]1O. The second-order valence-corrected chi connectivity index (χ2v) is 10.7. The second kappa shape index (κ2) is 9.26. The summed E-state index contributed by atoms with van der Waals surface area (Å²) in [6, 6.07) is 0. The minimum absolute atomic E-state index is 0.0448. The molecule has 7 heteroatoms. The number of carbonyl (C=O) groups excluding carboxylic acids is 3. The van der Waals surface area contributed by atoms with Crippen LogP contribution in [0.2, 0.25) is 0 Å². The van der Waals surface area contributed by atoms with Crippen LogP contribution in [0.4, 0.5) is 0 Å². The Morgan fingerprint density at radius 1 is 1.25 bits per heavy atom. The number of rotatable bonds is 5. The molecule has 0 radical (unpaired) electrons. The molecule has 7 nitrogen and oxygen atoms in total. The highest BCUT2D eigenvalue weighted by atomic mass is 16.5. The highest BCUT2D eigenvalue weighted by Crippen LogP contribution is 2.64. The quantitative estimate of drug-likeness (QED) is 0.509. The summed E-state index contributed by atoms with van der Waals surface area (Å²) in [6.45, 7) is 6.99. The fourth-order valence-corrected chi connectivity index (χ4v) is 6.84. The molecule has 0 heterocycles. The average molecular weight is 450 g/mol. The van der Waals surface area contributed by atoms with Crippen LogP contribution >= 0.6 is 0 Å². The average Bonchev–Trinajstić information content (AvgIpc) is 2.73. The lowest BCUT2D eigenvalue weighted by Crippen LogP contribution is -2.63. The number of ketones is 1. The van der Waals surface area contributed by atoms with E-state index in [1.54, 1.807) is 13.0 Å². The lowest BCUT2D eigenvalue weighted by atomic mass is 9.42. The van der Waals surface area contributed by atoms with Crippen molar-refractivity contribution in [2.24, 2.45) is 34.5 Å². The van der Waals surface area contributed by atoms with Gasteiger partial charge in [0.25, 0.3) is 0 Å². The molecule has 7 atom stereocenters. The van der Waals surface area contributed by atoms with Crippen LogP contribution in [0.3, 0.4) is 0 Å². The number of esters is 2. The van der Waals surface area contributed by atoms with Gasteiger partial charge in [0.1, 0.15) is 12.4 Å². The standard InChI is InChI=1S/C25H39NO6/c1-15-16(13-21(29)32-12-11-26(4)5)7-8-17-22(15)18(27)14-19-24(17,2)10-9-20(28)25(19,3)23(30)31-6/h13,15,17,19-20,22,28H,7-12,14H2,1-6H3/b16-13+/t15-,17+,19-,20+,22-,24-,25-/m1/s1. The summed E-state index contributed by atoms with van der Waals surface area (Å²) in [5.74, 6) is -1.02. The molecular formula is C25H39NO6. The maximum Gasteiger partial charge on any atom is 0.330 e. The number of ether oxygens (including phenoxy) is 2. The van der Waals surface area contributed by atoms with E-state index in [2.05, 4.69) is 6.92 Å². The summed E-state index contributed by atoms with van der Waals surface area (Å²) in [7, 11) is 5.19. The van der Waals surface area contributed by atoms with Crippen molar-refractivity contribution in [3.05, 3.63) is 11.6 Å². The van der Waals surface area contributed by atoms with Gasteiger partial charge in [0.15, 0.2) is 0 Å². The van der Waals surface area contributed by atoms with Crippen molar-refractivity contribution in [3.8, 4) is 0 Å². The molecule has 180 valence electrons. The van der Waals surface area contributed by atoms with Gasteiger partial charge in [-0.25, -0.2) is 4.79 Å². The molecule has 0 spiro atoms. The van der Waals surface area contributed by atoms with Crippen LogP contribution in [0, 0.1) is 34.5 Å². The molecule has 0 amide bonds. The van der Waals surface area contributed by atoms with Gasteiger partial charge in [-0.15, -0.1) is 0 Å². The first-order valence-corrected chi connectivity index (χ1v) is 11.8. The number of likely N-dealkylation sites (N-methyl/N-ethyl adjacent to an activating group) is 1. The first-order chi connectivity index (χ1) is 15.0. The van der Waals surface area contributed by atoms with Gasteiger partial charge in [-0.05, 0) is 69.9 Å². The van der Waals surface area contributed by atoms with Gasteiger partial charge >= 0.3 is 11.9 Å². The van der Waals surface area contributed by atoms with Crippen LogP contribution in [0.5, 0.6) is 0 Å². The van der Waals surface area contributed by atoms with E-state index >= 15 is 0 Å². The Bertz CT molecular complexity index is 791. The van der Waals surface area contributed by atoms with Gasteiger partial charge in [-0.3, -0.25) is 9.59 Å². The first-order valence-electron chi connectivity index (χ1n) is 11.8. The molecule has 32 heavy (non-hydrogen) atoms. The molecule has 3 aliphatic rings. The van der Waals surface area contributed by atoms with Gasteiger partial charge < -0.3 is 19.5 Å². The number of fused-ring (bicyclic) bond motifs is 3. The van der Waals surface area contributed by atoms with Crippen LogP contribution in [-0.2, 0) is 23.9 Å². The van der Waals surface area contributed by atoms with Crippen molar-refractivity contribution in [2.45, 2.75) is 59.0 Å². The summed E-state index contributed by atoms with van der Waals surface area (Å²) < 4.78 is 10.4. The fraction of sp³-hybridized carbons (Fsp3) is 0.800. The molecule has 3 fully saturated rings. The summed E-state index contributed by atoms with van der Waals surface area (Å²) in [6.07, 6.45) is 3.84. The number of aliphatic hydroxyl groups is 1. The summed E-state index contributed by atoms with van der Waals surface area (Å²) in [5, 5.41) is 10.8. The molecule has 3 rings (SSSR count). The van der Waals surface area contributed by atoms with Gasteiger partial charge in [0.2, 0.25) is 0 Å². The lowest BCUT2D eigenvalue weighted by molar-refractivity contribution is -0.197. The predicted molar refractivity (Wildman–Crippen MR) is 120 cm³/mol. The van der Waals surface area contributed by atoms with Crippen LogP contribution < -0.4 is 0 Å². The predicted octanol–water partition coefficient (Wildman–Crippen LogP) is 2.61. The van der Waals surface area contributed by atoms with Crippen molar-refractivity contribution < 1.29 is 29.0 Å². The third-order valence-electron chi connectivity index (χ3n) is 8.81. The summed E-state index contributed by atoms with van der Waals surface area (Å²) >= 11 is 0. The van der Waals surface area contributed by atoms with Crippen LogP contribution in [0.1, 0.15) is 52.9 Å². The minimum atomic E-state index is -1.09. The Hall–Kier alpha value is -1.73. The van der Waals surface area contributed by atoms with E-state index in [9.17, 15) is 19.5 Å². The zero-order valence-corrected chi connectivity index (χ0v) is 20.3. The molecule has 0 aromatic rings. The summed E-state index contributed by atoms with van der Waals surface area (Å²) in [5.41, 5.74) is -0.354. The zero-order valence-electron chi connectivity index (χ0n) is 20.3. The maximum absolute atomic E-state index is 13.4. The molecule has 3 saturated carbocycles. The number of Topliss-reactive ketones (excluding diaryl/α,β-unsaturated/α-hetero) is 1. The number of hydrogen-bond acceptors (Lipinski definition) is 7. The fourth-order valence-electron chi connectivity index (χ4n) is 6.84. The monoisotopic (exact) mass is 449 g/mol. The molecule has 0 unspecified atom stereocenters. The highest BCUT2D eigenvalue weighted by Gasteiger charge is 2.65. The van der Waals surface area contributed by atoms with Gasteiger partial charge in [-0.1, -0.05) is 19.4 Å². The zero-order chi connectivity index (χ0) is 23.8. The number of carbonyl (C=O) groups is 3. The van der Waals surface area contributed by atoms with E-state index in [-0.39, 0.29) is 47.3 Å². The van der Waals surface area contributed by atoms with E-state index < -0.39 is 17.5 Å². The smallest absolute Gasteiger partial charge is 0.330 e. The number of allylic oxidation sites excluding steroid dienone is 1. The Labute approximate surface area is 191 Å². The van der Waals surface area contributed by atoms with Crippen LogP contribution in [0.25, 0.3) is 0 Å². The minimum Gasteiger partial charge on any atom is -0.469 e. The second-order valence-electron chi connectivity index (χ2n) is 10.7. The van der Waals surface area contributed by atoms with Crippen molar-refractivity contribution in [2.75, 3.05) is 34.4 Å². The molecular weight excluding hydrogens is 410 g/mol. The van der Waals surface area contributed by atoms with Crippen molar-refractivity contribution in [1.29, 1.82) is 0 Å². The molecule has 0 bridgehead atoms. The van der Waals surface area contributed by atoms with E-state index in [1.165, 1.54) is 7.11 Å². The molecule has 0 aromatic carbocycles. The largest absolute Gasteiger partial charge is 0.469 e. The molecule has 0 saturated heterocycles. The lowest BCUT2D eigenvalue weighted by Gasteiger charge is -2.61.